The quantitative estimate of drug-likeness (QED) is 0.721. The van der Waals surface area contributed by atoms with E-state index in [1.165, 1.54) is 0 Å². The van der Waals surface area contributed by atoms with E-state index in [-0.39, 0.29) is 11.3 Å². The number of amides is 1. The maximum atomic E-state index is 12.7. The van der Waals surface area contributed by atoms with Gasteiger partial charge < -0.3 is 14.4 Å². The minimum atomic E-state index is 0.223. The summed E-state index contributed by atoms with van der Waals surface area (Å²) in [4.78, 5) is 21.1. The Labute approximate surface area is 172 Å². The van der Waals surface area contributed by atoms with Gasteiger partial charge in [0, 0.05) is 49.9 Å². The summed E-state index contributed by atoms with van der Waals surface area (Å²) in [5.74, 6) is 1.95. The number of hydrogen-bond donors (Lipinski definition) is 0. The lowest BCUT2D eigenvalue weighted by Gasteiger charge is -2.48. The molecule has 1 amide bonds. The average Bonchev–Trinajstić information content (AvgIpc) is 3.07. The minimum absolute atomic E-state index is 0.223. The van der Waals surface area contributed by atoms with Gasteiger partial charge in [-0.25, -0.2) is 0 Å². The van der Waals surface area contributed by atoms with Crippen molar-refractivity contribution >= 4 is 5.91 Å². The predicted molar refractivity (Wildman–Crippen MR) is 111 cm³/mol. The largest absolute Gasteiger partial charge is 0.496 e. The van der Waals surface area contributed by atoms with Crippen LogP contribution in [0.15, 0.2) is 48.8 Å². The molecule has 0 saturated carbocycles. The number of methoxy groups -OCH3 is 1. The topological polar surface area (TPSA) is 54.9 Å². The van der Waals surface area contributed by atoms with E-state index < -0.39 is 0 Å². The highest BCUT2D eigenvalue weighted by molar-refractivity contribution is 5.77. The molecule has 3 heterocycles. The van der Waals surface area contributed by atoms with Crippen LogP contribution in [0, 0.1) is 5.41 Å². The number of rotatable bonds is 7. The van der Waals surface area contributed by atoms with Gasteiger partial charge in [-0.05, 0) is 43.7 Å². The van der Waals surface area contributed by atoms with Crippen molar-refractivity contribution in [2.75, 3.05) is 40.4 Å². The molecule has 0 radical (unpaired) electrons. The van der Waals surface area contributed by atoms with Crippen molar-refractivity contribution in [3.05, 3.63) is 54.4 Å². The van der Waals surface area contributed by atoms with Gasteiger partial charge in [0.2, 0.25) is 5.91 Å². The van der Waals surface area contributed by atoms with E-state index in [0.29, 0.717) is 25.5 Å². The fourth-order valence-electron chi connectivity index (χ4n) is 4.67. The van der Waals surface area contributed by atoms with Crippen LogP contribution in [-0.4, -0.2) is 67.1 Å². The van der Waals surface area contributed by atoms with E-state index >= 15 is 0 Å². The number of carbonyl (C=O) groups excluding carboxylic acids is 1. The maximum Gasteiger partial charge on any atom is 0.222 e. The lowest BCUT2D eigenvalue weighted by molar-refractivity contribution is -0.142. The molecule has 154 valence electrons. The number of likely N-dealkylation sites (tertiary alicyclic amines) is 2. The molecule has 6 nitrogen and oxygen atoms in total. The van der Waals surface area contributed by atoms with Crippen molar-refractivity contribution in [1.82, 2.24) is 14.8 Å². The van der Waals surface area contributed by atoms with Gasteiger partial charge in [-0.3, -0.25) is 14.7 Å². The molecule has 29 heavy (non-hydrogen) atoms. The molecule has 0 aliphatic carbocycles. The monoisotopic (exact) mass is 395 g/mol. The highest BCUT2D eigenvalue weighted by atomic mass is 16.5. The molecule has 1 aromatic heterocycles. The van der Waals surface area contributed by atoms with Gasteiger partial charge in [0.1, 0.15) is 18.1 Å². The van der Waals surface area contributed by atoms with Crippen LogP contribution < -0.4 is 9.47 Å². The van der Waals surface area contributed by atoms with Crippen molar-refractivity contribution in [2.45, 2.75) is 25.3 Å². The number of benzene rings is 1. The summed E-state index contributed by atoms with van der Waals surface area (Å²) in [6.45, 7) is 3.40. The number of aryl methyl sites for hydroxylation is 1. The molecule has 0 N–H and O–H groups in total. The van der Waals surface area contributed by atoms with Crippen LogP contribution in [-0.2, 0) is 11.2 Å². The molecule has 1 atom stereocenters. The first-order chi connectivity index (χ1) is 14.1. The molecule has 2 aromatic rings. The lowest BCUT2D eigenvalue weighted by atomic mass is 9.77. The number of aromatic nitrogens is 1. The van der Waals surface area contributed by atoms with Crippen molar-refractivity contribution in [2.24, 2.45) is 5.41 Å². The van der Waals surface area contributed by atoms with Crippen LogP contribution in [0.4, 0.5) is 0 Å². The van der Waals surface area contributed by atoms with E-state index in [4.69, 9.17) is 9.47 Å². The van der Waals surface area contributed by atoms with Gasteiger partial charge in [-0.1, -0.05) is 18.2 Å². The standard InChI is InChI=1S/C23H29N3O3/c1-25-15-23(13-19(25)14-29-20-9-11-24-12-10-20)16-26(17-23)22(27)8-7-18-5-3-4-6-21(18)28-2/h3-6,9-12,19H,7-8,13-17H2,1-2H3. The molecular formula is C23H29N3O3. The fraction of sp³-hybridized carbons (Fsp3) is 0.478. The molecular weight excluding hydrogens is 366 g/mol. The Morgan fingerprint density at radius 2 is 1.93 bits per heavy atom. The Balaban J connectivity index is 1.25. The first-order valence-corrected chi connectivity index (χ1v) is 10.2. The van der Waals surface area contributed by atoms with E-state index in [9.17, 15) is 4.79 Å². The number of pyridine rings is 1. The first kappa shape index (κ1) is 19.7. The van der Waals surface area contributed by atoms with E-state index in [2.05, 4.69) is 16.9 Å². The van der Waals surface area contributed by atoms with Crippen molar-refractivity contribution < 1.29 is 14.3 Å². The molecule has 2 aliphatic rings. The molecule has 0 bridgehead atoms. The van der Waals surface area contributed by atoms with Crippen LogP contribution in [0.2, 0.25) is 0 Å². The van der Waals surface area contributed by atoms with Gasteiger partial charge in [0.25, 0.3) is 0 Å². The van der Waals surface area contributed by atoms with Crippen LogP contribution in [0.3, 0.4) is 0 Å². The summed E-state index contributed by atoms with van der Waals surface area (Å²) < 4.78 is 11.3. The number of para-hydroxylation sites is 1. The third kappa shape index (κ3) is 4.37. The third-order valence-electron chi connectivity index (χ3n) is 6.17. The summed E-state index contributed by atoms with van der Waals surface area (Å²) in [5, 5.41) is 0. The molecule has 1 aromatic carbocycles. The van der Waals surface area contributed by atoms with Crippen molar-refractivity contribution in [1.29, 1.82) is 0 Å². The number of likely N-dealkylation sites (N-methyl/N-ethyl adjacent to an activating group) is 1. The van der Waals surface area contributed by atoms with Gasteiger partial charge in [-0.2, -0.15) is 0 Å². The number of ether oxygens (including phenoxy) is 2. The van der Waals surface area contributed by atoms with Crippen LogP contribution in [0.5, 0.6) is 11.5 Å². The molecule has 4 rings (SSSR count). The maximum absolute atomic E-state index is 12.7. The second kappa shape index (κ2) is 8.41. The average molecular weight is 396 g/mol. The Morgan fingerprint density at radius 1 is 1.17 bits per heavy atom. The zero-order valence-corrected chi connectivity index (χ0v) is 17.2. The smallest absolute Gasteiger partial charge is 0.222 e. The predicted octanol–water partition coefficient (Wildman–Crippen LogP) is 2.63. The zero-order chi connectivity index (χ0) is 20.3. The van der Waals surface area contributed by atoms with E-state index in [0.717, 1.165) is 43.1 Å². The number of nitrogens with zero attached hydrogens (tertiary/aromatic N) is 3. The number of hydrogen-bond acceptors (Lipinski definition) is 5. The summed E-state index contributed by atoms with van der Waals surface area (Å²) in [7, 11) is 3.83. The highest BCUT2D eigenvalue weighted by Gasteiger charge is 2.51. The summed E-state index contributed by atoms with van der Waals surface area (Å²) >= 11 is 0. The van der Waals surface area contributed by atoms with E-state index in [1.54, 1.807) is 19.5 Å². The Kier molecular flexibility index (Phi) is 5.72. The second-order valence-electron chi connectivity index (χ2n) is 8.33. The second-order valence-corrected chi connectivity index (χ2v) is 8.33. The summed E-state index contributed by atoms with van der Waals surface area (Å²) in [6, 6.07) is 12.1. The normalized spacial score (nSPS) is 20.5. The van der Waals surface area contributed by atoms with Crippen LogP contribution >= 0.6 is 0 Å². The number of carbonyl (C=O) groups is 1. The van der Waals surface area contributed by atoms with Gasteiger partial charge in [-0.15, -0.1) is 0 Å². The SMILES string of the molecule is COc1ccccc1CCC(=O)N1CC2(CC(COc3ccncc3)N(C)C2)C1. The van der Waals surface area contributed by atoms with Crippen LogP contribution in [0.25, 0.3) is 0 Å². The van der Waals surface area contributed by atoms with Crippen molar-refractivity contribution in [3.8, 4) is 11.5 Å². The molecule has 6 heteroatoms. The molecule has 1 unspecified atom stereocenters. The van der Waals surface area contributed by atoms with Gasteiger partial charge in [0.05, 0.1) is 7.11 Å². The minimum Gasteiger partial charge on any atom is -0.496 e. The third-order valence-corrected chi connectivity index (χ3v) is 6.17. The Morgan fingerprint density at radius 3 is 2.69 bits per heavy atom. The lowest BCUT2D eigenvalue weighted by Crippen LogP contribution is -2.59. The molecule has 2 saturated heterocycles. The summed E-state index contributed by atoms with van der Waals surface area (Å²) in [6.07, 6.45) is 5.81. The van der Waals surface area contributed by atoms with E-state index in [1.807, 2.05) is 41.3 Å². The Bertz CT molecular complexity index is 836. The fourth-order valence-corrected chi connectivity index (χ4v) is 4.67. The molecule has 2 aliphatic heterocycles. The zero-order valence-electron chi connectivity index (χ0n) is 17.2. The molecule has 1 spiro atoms. The van der Waals surface area contributed by atoms with Crippen LogP contribution in [0.1, 0.15) is 18.4 Å². The summed E-state index contributed by atoms with van der Waals surface area (Å²) in [5.41, 5.74) is 1.31. The Hall–Kier alpha value is -2.60. The highest BCUT2D eigenvalue weighted by Crippen LogP contribution is 2.42. The molecule has 2 fully saturated rings. The van der Waals surface area contributed by atoms with Gasteiger partial charge >= 0.3 is 0 Å². The van der Waals surface area contributed by atoms with Crippen molar-refractivity contribution in [3.63, 3.8) is 0 Å². The first-order valence-electron chi connectivity index (χ1n) is 10.2. The van der Waals surface area contributed by atoms with Gasteiger partial charge in [0.15, 0.2) is 0 Å².